The minimum absolute atomic E-state index is 0.131. The van der Waals surface area contributed by atoms with Gasteiger partial charge in [0.2, 0.25) is 0 Å². The highest BCUT2D eigenvalue weighted by Crippen LogP contribution is 2.41. The van der Waals surface area contributed by atoms with Gasteiger partial charge in [-0.25, -0.2) is 9.78 Å². The molecule has 25 heavy (non-hydrogen) atoms. The van der Waals surface area contributed by atoms with Crippen LogP contribution in [0.15, 0.2) is 18.3 Å². The van der Waals surface area contributed by atoms with Crippen LogP contribution in [-0.2, 0) is 17.6 Å². The molecular weight excluding hydrogens is 360 g/mol. The van der Waals surface area contributed by atoms with E-state index in [-0.39, 0.29) is 16.6 Å². The Morgan fingerprint density at radius 1 is 1.48 bits per heavy atom. The maximum atomic E-state index is 12.6. The molecule has 3 rings (SSSR count). The fraction of sp³-hybridized carbons (Fsp3) is 0.389. The van der Waals surface area contributed by atoms with E-state index in [9.17, 15) is 9.59 Å². The van der Waals surface area contributed by atoms with Crippen LogP contribution < -0.4 is 5.32 Å². The zero-order valence-electron chi connectivity index (χ0n) is 14.1. The van der Waals surface area contributed by atoms with E-state index in [4.69, 9.17) is 16.3 Å². The number of nitrogens with one attached hydrogen (secondary N) is 1. The minimum Gasteiger partial charge on any atom is -0.465 e. The van der Waals surface area contributed by atoms with Gasteiger partial charge in [0.1, 0.15) is 10.2 Å². The summed E-state index contributed by atoms with van der Waals surface area (Å²) >= 11 is 7.45. The van der Waals surface area contributed by atoms with Crippen molar-refractivity contribution in [3.8, 4) is 0 Å². The van der Waals surface area contributed by atoms with E-state index in [0.717, 1.165) is 36.1 Å². The Balaban J connectivity index is 1.96. The number of fused-ring (bicyclic) bond motifs is 1. The SMILES string of the molecule is CCC1CCc2c(sc(NC(=O)c3cccnc3Cl)c2C(=O)OC)C1. The molecular formula is C18H19ClN2O3S. The van der Waals surface area contributed by atoms with Gasteiger partial charge in [-0.05, 0) is 42.9 Å². The molecule has 1 amide bonds. The summed E-state index contributed by atoms with van der Waals surface area (Å²) in [4.78, 5) is 29.9. The molecule has 1 N–H and O–H groups in total. The Labute approximate surface area is 155 Å². The normalized spacial score (nSPS) is 16.2. The third kappa shape index (κ3) is 3.55. The number of pyridine rings is 1. The third-order valence-corrected chi connectivity index (χ3v) is 6.04. The number of aromatic nitrogens is 1. The molecule has 0 spiro atoms. The molecule has 0 saturated heterocycles. The standard InChI is InChI=1S/C18H19ClN2O3S/c1-3-10-6-7-11-13(9-10)25-17(14(11)18(23)24-2)21-16(22)12-5-4-8-20-15(12)19/h4-5,8,10H,3,6-7,9H2,1-2H3,(H,21,22). The van der Waals surface area contributed by atoms with Gasteiger partial charge in [-0.15, -0.1) is 11.3 Å². The van der Waals surface area contributed by atoms with Crippen LogP contribution in [0.1, 0.15) is 50.9 Å². The Kier molecular flexibility index (Phi) is 5.39. The van der Waals surface area contributed by atoms with Gasteiger partial charge in [0, 0.05) is 11.1 Å². The van der Waals surface area contributed by atoms with E-state index >= 15 is 0 Å². The number of thiophene rings is 1. The van der Waals surface area contributed by atoms with Gasteiger partial charge >= 0.3 is 5.97 Å². The monoisotopic (exact) mass is 378 g/mol. The minimum atomic E-state index is -0.417. The second-order valence-electron chi connectivity index (χ2n) is 6.01. The second kappa shape index (κ2) is 7.54. The predicted molar refractivity (Wildman–Crippen MR) is 98.7 cm³/mol. The second-order valence-corrected chi connectivity index (χ2v) is 7.48. The van der Waals surface area contributed by atoms with Crippen molar-refractivity contribution in [3.63, 3.8) is 0 Å². The largest absolute Gasteiger partial charge is 0.465 e. The molecule has 0 radical (unpaired) electrons. The van der Waals surface area contributed by atoms with Crippen molar-refractivity contribution in [3.05, 3.63) is 45.1 Å². The van der Waals surface area contributed by atoms with Crippen molar-refractivity contribution in [1.29, 1.82) is 0 Å². The van der Waals surface area contributed by atoms with E-state index < -0.39 is 5.97 Å². The summed E-state index contributed by atoms with van der Waals surface area (Å²) in [5.41, 5.74) is 1.76. The zero-order valence-corrected chi connectivity index (χ0v) is 15.7. The van der Waals surface area contributed by atoms with Crippen LogP contribution in [0.3, 0.4) is 0 Å². The number of esters is 1. The number of methoxy groups -OCH3 is 1. The number of carbonyl (C=O) groups excluding carboxylic acids is 2. The molecule has 2 aromatic rings. The summed E-state index contributed by atoms with van der Waals surface area (Å²) in [6.07, 6.45) is 5.44. The Morgan fingerprint density at radius 3 is 2.96 bits per heavy atom. The van der Waals surface area contributed by atoms with E-state index in [1.54, 1.807) is 12.1 Å². The maximum Gasteiger partial charge on any atom is 0.341 e. The number of hydrogen-bond acceptors (Lipinski definition) is 5. The van der Waals surface area contributed by atoms with Crippen molar-refractivity contribution >= 4 is 39.8 Å². The first kappa shape index (κ1) is 17.9. The van der Waals surface area contributed by atoms with Gasteiger partial charge in [-0.1, -0.05) is 24.9 Å². The van der Waals surface area contributed by atoms with Gasteiger partial charge in [0.15, 0.2) is 0 Å². The molecule has 7 heteroatoms. The molecule has 1 aliphatic rings. The molecule has 0 saturated carbocycles. The molecule has 0 fully saturated rings. The summed E-state index contributed by atoms with van der Waals surface area (Å²) in [5, 5.41) is 3.49. The zero-order chi connectivity index (χ0) is 18.0. The number of ether oxygens (including phenoxy) is 1. The van der Waals surface area contributed by atoms with E-state index in [2.05, 4.69) is 17.2 Å². The molecule has 1 atom stereocenters. The Bertz CT molecular complexity index is 819. The lowest BCUT2D eigenvalue weighted by molar-refractivity contribution is 0.0601. The molecule has 2 aromatic heterocycles. The Morgan fingerprint density at radius 2 is 2.28 bits per heavy atom. The maximum absolute atomic E-state index is 12.6. The van der Waals surface area contributed by atoms with Crippen molar-refractivity contribution in [2.75, 3.05) is 12.4 Å². The highest BCUT2D eigenvalue weighted by molar-refractivity contribution is 7.17. The van der Waals surface area contributed by atoms with Crippen LogP contribution in [0.5, 0.6) is 0 Å². The molecule has 0 aromatic carbocycles. The number of halogens is 1. The molecule has 2 heterocycles. The van der Waals surface area contributed by atoms with Crippen LogP contribution in [0, 0.1) is 5.92 Å². The number of rotatable bonds is 4. The first-order valence-corrected chi connectivity index (χ1v) is 9.39. The van der Waals surface area contributed by atoms with E-state index in [1.807, 2.05) is 0 Å². The molecule has 5 nitrogen and oxygen atoms in total. The summed E-state index contributed by atoms with van der Waals surface area (Å²) in [5.74, 6) is -0.179. The lowest BCUT2D eigenvalue weighted by atomic mass is 9.85. The number of nitrogens with zero attached hydrogens (tertiary/aromatic N) is 1. The van der Waals surface area contributed by atoms with Crippen molar-refractivity contribution < 1.29 is 14.3 Å². The number of anilines is 1. The number of carbonyl (C=O) groups is 2. The predicted octanol–water partition coefficient (Wildman–Crippen LogP) is 4.35. The van der Waals surface area contributed by atoms with Crippen LogP contribution in [-0.4, -0.2) is 24.0 Å². The fourth-order valence-corrected chi connectivity index (χ4v) is 4.68. The molecule has 0 bridgehead atoms. The van der Waals surface area contributed by atoms with Crippen molar-refractivity contribution in [2.24, 2.45) is 5.92 Å². The quantitative estimate of drug-likeness (QED) is 0.634. The number of amides is 1. The Hall–Kier alpha value is -1.92. The highest BCUT2D eigenvalue weighted by atomic mass is 35.5. The van der Waals surface area contributed by atoms with E-state index in [0.29, 0.717) is 16.5 Å². The van der Waals surface area contributed by atoms with Gasteiger partial charge in [0.25, 0.3) is 5.91 Å². The molecule has 132 valence electrons. The average Bonchev–Trinajstić information content (AvgIpc) is 2.98. The summed E-state index contributed by atoms with van der Waals surface area (Å²) in [7, 11) is 1.35. The van der Waals surface area contributed by atoms with Gasteiger partial charge in [-0.3, -0.25) is 4.79 Å². The summed E-state index contributed by atoms with van der Waals surface area (Å²) < 4.78 is 4.94. The third-order valence-electron chi connectivity index (χ3n) is 4.56. The smallest absolute Gasteiger partial charge is 0.341 e. The highest BCUT2D eigenvalue weighted by Gasteiger charge is 2.30. The topological polar surface area (TPSA) is 68.3 Å². The van der Waals surface area contributed by atoms with Crippen LogP contribution in [0.2, 0.25) is 5.15 Å². The molecule has 1 unspecified atom stereocenters. The lowest BCUT2D eigenvalue weighted by Crippen LogP contribution is -2.17. The van der Waals surface area contributed by atoms with Crippen LogP contribution in [0.25, 0.3) is 0 Å². The lowest BCUT2D eigenvalue weighted by Gasteiger charge is -2.20. The first-order chi connectivity index (χ1) is 12.0. The van der Waals surface area contributed by atoms with Crippen molar-refractivity contribution in [2.45, 2.75) is 32.6 Å². The molecule has 0 aliphatic heterocycles. The van der Waals surface area contributed by atoms with Crippen LogP contribution >= 0.6 is 22.9 Å². The van der Waals surface area contributed by atoms with E-state index in [1.165, 1.54) is 24.6 Å². The fourth-order valence-electron chi connectivity index (χ4n) is 3.13. The van der Waals surface area contributed by atoms with Gasteiger partial charge in [0.05, 0.1) is 18.2 Å². The molecule has 1 aliphatic carbocycles. The summed E-state index contributed by atoms with van der Waals surface area (Å²) in [6.45, 7) is 2.18. The summed E-state index contributed by atoms with van der Waals surface area (Å²) in [6, 6.07) is 3.25. The van der Waals surface area contributed by atoms with Crippen LogP contribution in [0.4, 0.5) is 5.00 Å². The van der Waals surface area contributed by atoms with Gasteiger partial charge < -0.3 is 10.1 Å². The van der Waals surface area contributed by atoms with Gasteiger partial charge in [-0.2, -0.15) is 0 Å². The number of hydrogen-bond donors (Lipinski definition) is 1. The van der Waals surface area contributed by atoms with Crippen molar-refractivity contribution in [1.82, 2.24) is 4.98 Å². The average molecular weight is 379 g/mol. The first-order valence-electron chi connectivity index (χ1n) is 8.19.